The molecule has 0 atom stereocenters. The maximum Gasteiger partial charge on any atom is 0.332 e. The summed E-state index contributed by atoms with van der Waals surface area (Å²) in [5.74, 6) is 1.55. The molecule has 0 unspecified atom stereocenters. The molecule has 0 aliphatic heterocycles. The average Bonchev–Trinajstić information content (AvgIpc) is 2.57. The number of rotatable bonds is 5. The molecule has 1 heterocycles. The normalized spacial score (nSPS) is 10.8. The lowest BCUT2D eigenvalue weighted by molar-refractivity contribution is 0.394. The van der Waals surface area contributed by atoms with Crippen molar-refractivity contribution in [3.05, 3.63) is 50.7 Å². The third-order valence-electron chi connectivity index (χ3n) is 3.35. The van der Waals surface area contributed by atoms with Crippen molar-refractivity contribution in [1.82, 2.24) is 9.13 Å². The van der Waals surface area contributed by atoms with Gasteiger partial charge in [0.05, 0.1) is 20.4 Å². The lowest BCUT2D eigenvalue weighted by Crippen LogP contribution is -2.37. The van der Waals surface area contributed by atoms with Gasteiger partial charge in [-0.1, -0.05) is 0 Å². The first kappa shape index (κ1) is 16.3. The molecular formula is C15H18N4O4. The fourth-order valence-corrected chi connectivity index (χ4v) is 1.93. The van der Waals surface area contributed by atoms with E-state index in [9.17, 15) is 9.59 Å². The number of hydrazone groups is 1. The van der Waals surface area contributed by atoms with Gasteiger partial charge in [0, 0.05) is 31.8 Å². The molecule has 1 N–H and O–H groups in total. The minimum atomic E-state index is -0.433. The molecule has 0 amide bonds. The van der Waals surface area contributed by atoms with Gasteiger partial charge in [-0.3, -0.25) is 19.4 Å². The molecule has 23 heavy (non-hydrogen) atoms. The summed E-state index contributed by atoms with van der Waals surface area (Å²) in [5, 5.41) is 4.04. The lowest BCUT2D eigenvalue weighted by Gasteiger charge is -2.09. The highest BCUT2D eigenvalue weighted by atomic mass is 16.5. The zero-order valence-corrected chi connectivity index (χ0v) is 13.4. The first-order valence-corrected chi connectivity index (χ1v) is 6.76. The van der Waals surface area contributed by atoms with E-state index in [0.717, 1.165) is 10.1 Å². The molecule has 0 aliphatic carbocycles. The lowest BCUT2D eigenvalue weighted by atomic mass is 10.2. The fraction of sp³-hybridized carbons (Fsp3) is 0.267. The van der Waals surface area contributed by atoms with Gasteiger partial charge in [0.15, 0.2) is 0 Å². The molecule has 0 saturated carbocycles. The molecule has 1 aromatic heterocycles. The van der Waals surface area contributed by atoms with Gasteiger partial charge < -0.3 is 9.47 Å². The third-order valence-corrected chi connectivity index (χ3v) is 3.35. The number of nitrogens with one attached hydrogen (secondary N) is 1. The van der Waals surface area contributed by atoms with E-state index >= 15 is 0 Å². The number of anilines is 1. The molecule has 2 aromatic rings. The van der Waals surface area contributed by atoms with E-state index in [-0.39, 0.29) is 0 Å². The van der Waals surface area contributed by atoms with Crippen LogP contribution in [-0.4, -0.2) is 29.6 Å². The van der Waals surface area contributed by atoms with Gasteiger partial charge in [-0.15, -0.1) is 0 Å². The molecule has 0 fully saturated rings. The summed E-state index contributed by atoms with van der Waals surface area (Å²) in [5.41, 5.74) is 2.56. The minimum absolute atomic E-state index is 0.293. The Kier molecular flexibility index (Phi) is 4.85. The number of benzene rings is 1. The van der Waals surface area contributed by atoms with Crippen molar-refractivity contribution < 1.29 is 9.47 Å². The number of hydrogen-bond acceptors (Lipinski definition) is 6. The standard InChI is InChI=1S/C15H18N4O4/c1-18-13(8-14(20)19(2)15(18)21)17-16-9-10-5-6-11(22-3)7-12(10)23-4/h5-9,17H,1-4H3/b16-9+. The van der Waals surface area contributed by atoms with E-state index in [1.807, 2.05) is 0 Å². The second-order valence-corrected chi connectivity index (χ2v) is 4.75. The van der Waals surface area contributed by atoms with Crippen LogP contribution < -0.4 is 26.1 Å². The second kappa shape index (κ2) is 6.82. The smallest absolute Gasteiger partial charge is 0.332 e. The summed E-state index contributed by atoms with van der Waals surface area (Å²) >= 11 is 0. The Morgan fingerprint density at radius 3 is 2.48 bits per heavy atom. The van der Waals surface area contributed by atoms with Gasteiger partial charge in [0.25, 0.3) is 5.56 Å². The van der Waals surface area contributed by atoms with Gasteiger partial charge in [0.1, 0.15) is 17.3 Å². The van der Waals surface area contributed by atoms with Crippen LogP contribution in [0.5, 0.6) is 11.5 Å². The summed E-state index contributed by atoms with van der Waals surface area (Å²) in [4.78, 5) is 23.5. The molecule has 8 heteroatoms. The molecule has 122 valence electrons. The van der Waals surface area contributed by atoms with Gasteiger partial charge in [-0.2, -0.15) is 5.10 Å². The van der Waals surface area contributed by atoms with Crippen LogP contribution in [0.15, 0.2) is 39.0 Å². The summed E-state index contributed by atoms with van der Waals surface area (Å²) in [7, 11) is 6.08. The van der Waals surface area contributed by atoms with Crippen molar-refractivity contribution in [2.75, 3.05) is 19.6 Å². The molecule has 8 nitrogen and oxygen atoms in total. The quantitative estimate of drug-likeness (QED) is 0.642. The van der Waals surface area contributed by atoms with Crippen LogP contribution in [0.2, 0.25) is 0 Å². The van der Waals surface area contributed by atoms with Crippen molar-refractivity contribution in [3.8, 4) is 11.5 Å². The first-order chi connectivity index (χ1) is 11.0. The summed E-state index contributed by atoms with van der Waals surface area (Å²) in [6.45, 7) is 0. The van der Waals surface area contributed by atoms with Gasteiger partial charge >= 0.3 is 5.69 Å². The number of ether oxygens (including phenoxy) is 2. The topological polar surface area (TPSA) is 86.9 Å². The average molecular weight is 318 g/mol. The fourth-order valence-electron chi connectivity index (χ4n) is 1.93. The molecular weight excluding hydrogens is 300 g/mol. The van der Waals surface area contributed by atoms with E-state index < -0.39 is 11.2 Å². The summed E-state index contributed by atoms with van der Waals surface area (Å²) < 4.78 is 12.7. The Morgan fingerprint density at radius 1 is 1.09 bits per heavy atom. The molecule has 2 rings (SSSR count). The zero-order chi connectivity index (χ0) is 17.0. The van der Waals surface area contributed by atoms with Gasteiger partial charge in [-0.25, -0.2) is 4.79 Å². The highest BCUT2D eigenvalue weighted by Gasteiger charge is 2.05. The van der Waals surface area contributed by atoms with Crippen LogP contribution in [0.1, 0.15) is 5.56 Å². The zero-order valence-electron chi connectivity index (χ0n) is 13.4. The highest BCUT2D eigenvalue weighted by molar-refractivity contribution is 5.84. The molecule has 0 saturated heterocycles. The maximum absolute atomic E-state index is 11.8. The largest absolute Gasteiger partial charge is 0.497 e. The Bertz CT molecular complexity index is 852. The number of methoxy groups -OCH3 is 2. The summed E-state index contributed by atoms with van der Waals surface area (Å²) in [6.07, 6.45) is 1.53. The van der Waals surface area contributed by atoms with Crippen molar-refractivity contribution in [1.29, 1.82) is 0 Å². The van der Waals surface area contributed by atoms with E-state index in [1.165, 1.54) is 23.9 Å². The van der Waals surface area contributed by atoms with Crippen LogP contribution >= 0.6 is 0 Å². The Balaban J connectivity index is 2.26. The molecule has 0 bridgehead atoms. The predicted molar refractivity (Wildman–Crippen MR) is 87.7 cm³/mol. The van der Waals surface area contributed by atoms with Crippen LogP contribution in [-0.2, 0) is 14.1 Å². The van der Waals surface area contributed by atoms with Crippen molar-refractivity contribution in [3.63, 3.8) is 0 Å². The monoisotopic (exact) mass is 318 g/mol. The minimum Gasteiger partial charge on any atom is -0.497 e. The molecule has 0 spiro atoms. The number of nitrogens with zero attached hydrogens (tertiary/aromatic N) is 3. The Labute approximate surface area is 132 Å². The van der Waals surface area contributed by atoms with Crippen LogP contribution in [0.4, 0.5) is 5.82 Å². The molecule has 1 aromatic carbocycles. The predicted octanol–water partition coefficient (Wildman–Crippen LogP) is 0.547. The Morgan fingerprint density at radius 2 is 1.83 bits per heavy atom. The van der Waals surface area contributed by atoms with E-state index in [1.54, 1.807) is 39.5 Å². The second-order valence-electron chi connectivity index (χ2n) is 4.75. The molecule has 0 radical (unpaired) electrons. The highest BCUT2D eigenvalue weighted by Crippen LogP contribution is 2.23. The van der Waals surface area contributed by atoms with Gasteiger partial charge in [0.2, 0.25) is 0 Å². The van der Waals surface area contributed by atoms with E-state index in [0.29, 0.717) is 17.3 Å². The van der Waals surface area contributed by atoms with Gasteiger partial charge in [-0.05, 0) is 12.1 Å². The van der Waals surface area contributed by atoms with Crippen molar-refractivity contribution in [2.24, 2.45) is 19.2 Å². The van der Waals surface area contributed by atoms with Crippen molar-refractivity contribution in [2.45, 2.75) is 0 Å². The van der Waals surface area contributed by atoms with Crippen LogP contribution in [0.25, 0.3) is 0 Å². The molecule has 0 aliphatic rings. The maximum atomic E-state index is 11.8. The summed E-state index contributed by atoms with van der Waals surface area (Å²) in [6, 6.07) is 6.59. The number of aromatic nitrogens is 2. The van der Waals surface area contributed by atoms with E-state index in [2.05, 4.69) is 10.5 Å². The first-order valence-electron chi connectivity index (χ1n) is 6.76. The SMILES string of the molecule is COc1ccc(/C=N/Nc2cc(=O)n(C)c(=O)n2C)c(OC)c1. The Hall–Kier alpha value is -3.03. The third kappa shape index (κ3) is 3.42. The van der Waals surface area contributed by atoms with Crippen LogP contribution in [0.3, 0.4) is 0 Å². The van der Waals surface area contributed by atoms with Crippen molar-refractivity contribution >= 4 is 12.0 Å². The van der Waals surface area contributed by atoms with E-state index in [4.69, 9.17) is 9.47 Å². The van der Waals surface area contributed by atoms with Crippen LogP contribution in [0, 0.1) is 0 Å². The number of hydrogen-bond donors (Lipinski definition) is 1.